The number of carbonyl (C=O) groups excluding carboxylic acids is 1. The summed E-state index contributed by atoms with van der Waals surface area (Å²) in [5.74, 6) is 0.723. The van der Waals surface area contributed by atoms with Crippen molar-refractivity contribution in [3.63, 3.8) is 0 Å². The summed E-state index contributed by atoms with van der Waals surface area (Å²) in [5.41, 5.74) is 0.687. The molecule has 0 bridgehead atoms. The van der Waals surface area contributed by atoms with E-state index in [2.05, 4.69) is 40.7 Å². The fourth-order valence-corrected chi connectivity index (χ4v) is 11.6. The molecule has 2 saturated heterocycles. The Kier molecular flexibility index (Phi) is 5.56. The van der Waals surface area contributed by atoms with Gasteiger partial charge in [-0.1, -0.05) is 46.3 Å². The summed E-state index contributed by atoms with van der Waals surface area (Å²) in [6, 6.07) is 0. The predicted molar refractivity (Wildman–Crippen MR) is 140 cm³/mol. The highest BCUT2D eigenvalue weighted by atomic mass is 16.7. The van der Waals surface area contributed by atoms with Gasteiger partial charge in [0.2, 0.25) is 0 Å². The number of aliphatic hydroxyl groups excluding tert-OH is 4. The van der Waals surface area contributed by atoms with Crippen LogP contribution in [0.2, 0.25) is 0 Å². The SMILES string of the molecule is C[C@@H]1CC(=O)O[C@H]2C[C@@]3(C)C4=CC[C@H]5C(C)(C)[C@@H](O[C@@H]6OC[C@@H](O)[C@H](O)[C@H]6O)CC[C@@]56C[C@@]46[C@@H](O)C[C@]3(C)[C@@H]12. The fraction of sp³-hybridized carbons (Fsp3) is 0.903. The van der Waals surface area contributed by atoms with Gasteiger partial charge in [-0.15, -0.1) is 0 Å². The van der Waals surface area contributed by atoms with Crippen LogP contribution in [-0.4, -0.2) is 75.9 Å². The highest BCUT2D eigenvalue weighted by Crippen LogP contribution is 2.88. The minimum atomic E-state index is -1.30. The molecule has 0 unspecified atom stereocenters. The molecule has 4 saturated carbocycles. The molecular weight excluding hydrogens is 500 g/mol. The molecule has 7 aliphatic rings. The Morgan fingerprint density at radius 3 is 2.54 bits per heavy atom. The summed E-state index contributed by atoms with van der Waals surface area (Å²) < 4.78 is 18.0. The van der Waals surface area contributed by atoms with Crippen molar-refractivity contribution in [1.29, 1.82) is 0 Å². The molecule has 14 atom stereocenters. The molecule has 39 heavy (non-hydrogen) atoms. The molecule has 0 aromatic rings. The van der Waals surface area contributed by atoms with E-state index in [1.54, 1.807) is 0 Å². The maximum atomic E-state index is 12.4. The number of rotatable bonds is 2. The third-order valence-corrected chi connectivity index (χ3v) is 13.6. The Bertz CT molecular complexity index is 1100. The summed E-state index contributed by atoms with van der Waals surface area (Å²) in [4.78, 5) is 12.4. The van der Waals surface area contributed by atoms with Gasteiger partial charge < -0.3 is 34.6 Å². The fourth-order valence-electron chi connectivity index (χ4n) is 11.6. The summed E-state index contributed by atoms with van der Waals surface area (Å²) in [6.07, 6.45) is 2.70. The van der Waals surface area contributed by atoms with Gasteiger partial charge in [-0.25, -0.2) is 0 Å². The van der Waals surface area contributed by atoms with E-state index in [-0.39, 0.29) is 63.7 Å². The lowest BCUT2D eigenvalue weighted by Crippen LogP contribution is -2.59. The van der Waals surface area contributed by atoms with E-state index in [9.17, 15) is 25.2 Å². The highest BCUT2D eigenvalue weighted by molar-refractivity contribution is 5.71. The molecule has 4 N–H and O–H groups in total. The number of hydrogen-bond acceptors (Lipinski definition) is 8. The van der Waals surface area contributed by atoms with Crippen LogP contribution in [0.25, 0.3) is 0 Å². The van der Waals surface area contributed by atoms with Crippen molar-refractivity contribution in [2.75, 3.05) is 6.61 Å². The van der Waals surface area contributed by atoms with E-state index >= 15 is 0 Å². The number of esters is 1. The number of aliphatic hydroxyl groups is 4. The molecule has 8 heteroatoms. The Labute approximate surface area is 231 Å². The second kappa shape index (κ2) is 8.07. The maximum absolute atomic E-state index is 12.4. The molecule has 0 aromatic carbocycles. The van der Waals surface area contributed by atoms with Gasteiger partial charge in [0.1, 0.15) is 24.4 Å². The van der Waals surface area contributed by atoms with Crippen molar-refractivity contribution in [3.8, 4) is 0 Å². The lowest BCUT2D eigenvalue weighted by atomic mass is 9.44. The summed E-state index contributed by atoms with van der Waals surface area (Å²) in [7, 11) is 0. The van der Waals surface area contributed by atoms with Crippen molar-refractivity contribution in [2.24, 2.45) is 44.8 Å². The monoisotopic (exact) mass is 546 g/mol. The number of fused-ring (bicyclic) bond motifs is 4. The minimum absolute atomic E-state index is 0.00199. The quantitative estimate of drug-likeness (QED) is 0.308. The van der Waals surface area contributed by atoms with E-state index in [0.717, 1.165) is 38.5 Å². The third-order valence-electron chi connectivity index (χ3n) is 13.6. The van der Waals surface area contributed by atoms with Gasteiger partial charge in [0.15, 0.2) is 6.29 Å². The minimum Gasteiger partial charge on any atom is -0.462 e. The standard InChI is InChI=1S/C31H46O8/c1-15-10-22(34)38-17-11-28(4)19-7-6-18-27(2,3)21(39-26-25(36)24(35)16(32)13-37-26)8-9-30(18)14-31(19,30)20(33)12-29(28,5)23(15)17/h7,15-18,20-21,23-26,32-33,35-36H,6,8-14H2,1-5H3/t15-,16-,17+,18+,20+,21+,23+,24+,25-,26+,28+,29-,30-,31+/m1/s1. The van der Waals surface area contributed by atoms with Crippen LogP contribution in [0.5, 0.6) is 0 Å². The van der Waals surface area contributed by atoms with Crippen LogP contribution in [0, 0.1) is 44.8 Å². The number of carbonyl (C=O) groups is 1. The zero-order chi connectivity index (χ0) is 27.9. The molecule has 0 radical (unpaired) electrons. The van der Waals surface area contributed by atoms with Crippen LogP contribution in [0.15, 0.2) is 11.6 Å². The second-order valence-corrected chi connectivity index (χ2v) is 15.4. The molecule has 2 aliphatic heterocycles. The van der Waals surface area contributed by atoms with Crippen molar-refractivity contribution in [2.45, 2.75) is 122 Å². The first-order chi connectivity index (χ1) is 18.2. The van der Waals surface area contributed by atoms with Crippen molar-refractivity contribution in [3.05, 3.63) is 11.6 Å². The largest absolute Gasteiger partial charge is 0.462 e. The smallest absolute Gasteiger partial charge is 0.306 e. The van der Waals surface area contributed by atoms with Crippen LogP contribution >= 0.6 is 0 Å². The Balaban J connectivity index is 1.21. The first-order valence-corrected chi connectivity index (χ1v) is 15.1. The Hall–Kier alpha value is -1.03. The lowest BCUT2D eigenvalue weighted by molar-refractivity contribution is -0.301. The summed E-state index contributed by atoms with van der Waals surface area (Å²) in [6.45, 7) is 11.3. The topological polar surface area (TPSA) is 126 Å². The Morgan fingerprint density at radius 2 is 1.79 bits per heavy atom. The van der Waals surface area contributed by atoms with E-state index in [4.69, 9.17) is 14.2 Å². The zero-order valence-electron chi connectivity index (χ0n) is 23.9. The first kappa shape index (κ1) is 26.8. The molecule has 7 rings (SSSR count). The molecule has 0 amide bonds. The first-order valence-electron chi connectivity index (χ1n) is 15.1. The molecule has 5 aliphatic carbocycles. The van der Waals surface area contributed by atoms with Crippen LogP contribution in [0.3, 0.4) is 0 Å². The predicted octanol–water partition coefficient (Wildman–Crippen LogP) is 2.70. The van der Waals surface area contributed by atoms with E-state index in [0.29, 0.717) is 12.3 Å². The normalized spacial score (nSPS) is 59.1. The number of ether oxygens (including phenoxy) is 3. The van der Waals surface area contributed by atoms with Gasteiger partial charge in [-0.3, -0.25) is 4.79 Å². The van der Waals surface area contributed by atoms with Crippen LogP contribution < -0.4 is 0 Å². The highest BCUT2D eigenvalue weighted by Gasteiger charge is 2.84. The number of allylic oxidation sites excluding steroid dienone is 1. The molecule has 2 heterocycles. The average molecular weight is 547 g/mol. The molecular formula is C31H46O8. The molecule has 2 spiro atoms. The van der Waals surface area contributed by atoms with Gasteiger partial charge in [-0.2, -0.15) is 0 Å². The third kappa shape index (κ3) is 3.09. The van der Waals surface area contributed by atoms with Gasteiger partial charge in [0.25, 0.3) is 0 Å². The van der Waals surface area contributed by atoms with Crippen LogP contribution in [-0.2, 0) is 19.0 Å². The molecule has 8 nitrogen and oxygen atoms in total. The molecule has 6 fully saturated rings. The average Bonchev–Trinajstić information content (AvgIpc) is 3.48. The van der Waals surface area contributed by atoms with Crippen molar-refractivity contribution < 1.29 is 39.4 Å². The summed E-state index contributed by atoms with van der Waals surface area (Å²) in [5, 5.41) is 42.6. The van der Waals surface area contributed by atoms with Gasteiger partial charge >= 0.3 is 5.97 Å². The van der Waals surface area contributed by atoms with Gasteiger partial charge in [-0.05, 0) is 72.0 Å². The maximum Gasteiger partial charge on any atom is 0.306 e. The molecule has 218 valence electrons. The zero-order valence-corrected chi connectivity index (χ0v) is 23.9. The lowest BCUT2D eigenvalue weighted by Gasteiger charge is -2.61. The van der Waals surface area contributed by atoms with Gasteiger partial charge in [0, 0.05) is 17.8 Å². The van der Waals surface area contributed by atoms with Crippen molar-refractivity contribution in [1.82, 2.24) is 0 Å². The van der Waals surface area contributed by atoms with Crippen LogP contribution in [0.4, 0.5) is 0 Å². The van der Waals surface area contributed by atoms with Crippen molar-refractivity contribution >= 4 is 5.97 Å². The van der Waals surface area contributed by atoms with E-state index < -0.39 is 30.7 Å². The van der Waals surface area contributed by atoms with Gasteiger partial charge in [0.05, 0.1) is 18.8 Å². The molecule has 0 aromatic heterocycles. The summed E-state index contributed by atoms with van der Waals surface area (Å²) >= 11 is 0. The van der Waals surface area contributed by atoms with Crippen LogP contribution in [0.1, 0.15) is 79.6 Å². The van der Waals surface area contributed by atoms with E-state index in [1.165, 1.54) is 5.57 Å². The Morgan fingerprint density at radius 1 is 1.05 bits per heavy atom. The second-order valence-electron chi connectivity index (χ2n) is 15.4. The number of hydrogen-bond donors (Lipinski definition) is 4. The van der Waals surface area contributed by atoms with E-state index in [1.807, 2.05) is 0 Å².